The van der Waals surface area contributed by atoms with Gasteiger partial charge in [-0.15, -0.1) is 0 Å². The highest BCUT2D eigenvalue weighted by Gasteiger charge is 2.01. The Bertz CT molecular complexity index is 680. The van der Waals surface area contributed by atoms with Gasteiger partial charge in [-0.05, 0) is 18.2 Å². The van der Waals surface area contributed by atoms with Crippen molar-refractivity contribution >= 4 is 28.2 Å². The van der Waals surface area contributed by atoms with Crippen molar-refractivity contribution < 1.29 is 4.52 Å². The molecule has 0 bridgehead atoms. The van der Waals surface area contributed by atoms with E-state index in [0.717, 1.165) is 11.1 Å². The topological polar surface area (TPSA) is 86.0 Å². The summed E-state index contributed by atoms with van der Waals surface area (Å²) in [7, 11) is 0. The van der Waals surface area contributed by atoms with E-state index in [1.165, 1.54) is 0 Å². The maximum atomic E-state index is 10.5. The van der Waals surface area contributed by atoms with E-state index in [4.69, 9.17) is 4.52 Å². The molecule has 0 aliphatic carbocycles. The molecule has 2 aromatic heterocycles. The van der Waals surface area contributed by atoms with Crippen molar-refractivity contribution in [1.29, 1.82) is 0 Å². The number of hydrogen-bond acceptors (Lipinski definition) is 6. The Balaban J connectivity index is 1.90. The maximum absolute atomic E-state index is 10.5. The third-order valence-electron chi connectivity index (χ3n) is 2.51. The number of nitrogens with zero attached hydrogens (tertiary/aromatic N) is 2. The Kier molecular flexibility index (Phi) is 2.54. The molecule has 0 aliphatic rings. The van der Waals surface area contributed by atoms with Gasteiger partial charge in [0.2, 0.25) is 0 Å². The summed E-state index contributed by atoms with van der Waals surface area (Å²) in [5.74, 6) is 0.578. The molecule has 0 saturated carbocycles. The number of pyridine rings is 1. The summed E-state index contributed by atoms with van der Waals surface area (Å²) in [5.41, 5.74) is 3.78. The van der Waals surface area contributed by atoms with Gasteiger partial charge in [0.15, 0.2) is 5.58 Å². The molecule has 0 saturated heterocycles. The molecule has 6 nitrogen and oxygen atoms in total. The molecule has 0 aliphatic heterocycles. The van der Waals surface area contributed by atoms with E-state index in [9.17, 15) is 5.21 Å². The van der Waals surface area contributed by atoms with E-state index >= 15 is 0 Å². The molecule has 3 rings (SSSR count). The number of aromatic nitrogens is 2. The Labute approximate surface area is 102 Å². The number of anilines is 3. The largest absolute Gasteiger partial charge is 0.761 e. The van der Waals surface area contributed by atoms with Crippen LogP contribution in [0.4, 0.5) is 17.2 Å². The SMILES string of the molecule is [O-]Nc1ccnc(Nc2ccc3cnoc3c2)c1. The summed E-state index contributed by atoms with van der Waals surface area (Å²) in [5, 5.41) is 18.3. The molecule has 0 radical (unpaired) electrons. The van der Waals surface area contributed by atoms with Gasteiger partial charge in [-0.2, -0.15) is 0 Å². The van der Waals surface area contributed by atoms with Gasteiger partial charge in [0.25, 0.3) is 0 Å². The zero-order valence-corrected chi connectivity index (χ0v) is 9.25. The molecule has 3 aromatic rings. The molecular formula is C12H9N4O2-. The van der Waals surface area contributed by atoms with Crippen molar-refractivity contribution in [2.75, 3.05) is 10.8 Å². The number of rotatable bonds is 3. The first-order chi connectivity index (χ1) is 8.85. The molecule has 18 heavy (non-hydrogen) atoms. The molecule has 1 aromatic carbocycles. The average Bonchev–Trinajstić information content (AvgIpc) is 2.86. The predicted octanol–water partition coefficient (Wildman–Crippen LogP) is 2.88. The van der Waals surface area contributed by atoms with E-state index < -0.39 is 0 Å². The van der Waals surface area contributed by atoms with E-state index in [0.29, 0.717) is 17.1 Å². The second kappa shape index (κ2) is 4.34. The van der Waals surface area contributed by atoms with Crippen LogP contribution in [-0.4, -0.2) is 10.1 Å². The van der Waals surface area contributed by atoms with Crippen molar-refractivity contribution in [1.82, 2.24) is 10.1 Å². The number of nitrogens with one attached hydrogen (secondary N) is 2. The van der Waals surface area contributed by atoms with Crippen molar-refractivity contribution in [2.45, 2.75) is 0 Å². The van der Waals surface area contributed by atoms with Gasteiger partial charge < -0.3 is 20.5 Å². The first kappa shape index (κ1) is 10.5. The fraction of sp³-hybridized carbons (Fsp3) is 0. The van der Waals surface area contributed by atoms with Crippen LogP contribution >= 0.6 is 0 Å². The van der Waals surface area contributed by atoms with Gasteiger partial charge in [0, 0.05) is 35.1 Å². The molecule has 0 atom stereocenters. The van der Waals surface area contributed by atoms with Crippen molar-refractivity contribution in [3.8, 4) is 0 Å². The fourth-order valence-corrected chi connectivity index (χ4v) is 1.65. The molecular weight excluding hydrogens is 232 g/mol. The molecule has 0 spiro atoms. The summed E-state index contributed by atoms with van der Waals surface area (Å²) in [4.78, 5) is 4.11. The van der Waals surface area contributed by atoms with Crippen LogP contribution in [0, 0.1) is 5.21 Å². The highest BCUT2D eigenvalue weighted by molar-refractivity contribution is 5.80. The summed E-state index contributed by atoms with van der Waals surface area (Å²) >= 11 is 0. The lowest BCUT2D eigenvalue weighted by atomic mass is 10.2. The Morgan fingerprint density at radius 1 is 1.11 bits per heavy atom. The molecule has 0 amide bonds. The van der Waals surface area contributed by atoms with E-state index in [2.05, 4.69) is 15.5 Å². The molecule has 2 N–H and O–H groups in total. The van der Waals surface area contributed by atoms with Gasteiger partial charge in [-0.1, -0.05) is 5.16 Å². The van der Waals surface area contributed by atoms with Crippen LogP contribution in [-0.2, 0) is 0 Å². The van der Waals surface area contributed by atoms with Crippen LogP contribution in [0.25, 0.3) is 11.0 Å². The Morgan fingerprint density at radius 2 is 2.06 bits per heavy atom. The summed E-state index contributed by atoms with van der Waals surface area (Å²) in [6.07, 6.45) is 3.20. The Hall–Kier alpha value is -2.60. The second-order valence-corrected chi connectivity index (χ2v) is 3.74. The second-order valence-electron chi connectivity index (χ2n) is 3.74. The van der Waals surface area contributed by atoms with Crippen LogP contribution in [0.2, 0.25) is 0 Å². The smallest absolute Gasteiger partial charge is 0.168 e. The standard InChI is InChI=1S/C12H9N4O2/c17-16-10-3-4-13-12(6-10)15-9-2-1-8-7-14-18-11(8)5-9/h1-7H,(H2-,13,15,16,17)/q-1. The van der Waals surface area contributed by atoms with Gasteiger partial charge in [0.1, 0.15) is 5.82 Å². The van der Waals surface area contributed by atoms with Crippen LogP contribution < -0.4 is 10.8 Å². The minimum atomic E-state index is 0.452. The summed E-state index contributed by atoms with van der Waals surface area (Å²) < 4.78 is 5.07. The molecule has 0 unspecified atom stereocenters. The van der Waals surface area contributed by atoms with Crippen LogP contribution in [0.1, 0.15) is 0 Å². The van der Waals surface area contributed by atoms with E-state index in [1.807, 2.05) is 23.7 Å². The number of hydrogen-bond donors (Lipinski definition) is 2. The van der Waals surface area contributed by atoms with E-state index in [1.54, 1.807) is 24.5 Å². The first-order valence-corrected chi connectivity index (χ1v) is 5.31. The van der Waals surface area contributed by atoms with E-state index in [-0.39, 0.29) is 0 Å². The average molecular weight is 241 g/mol. The third-order valence-corrected chi connectivity index (χ3v) is 2.51. The molecule has 2 heterocycles. The highest BCUT2D eigenvalue weighted by Crippen LogP contribution is 2.22. The lowest BCUT2D eigenvalue weighted by molar-refractivity contribution is 0.456. The molecule has 6 heteroatoms. The van der Waals surface area contributed by atoms with Crippen LogP contribution in [0.3, 0.4) is 0 Å². The summed E-state index contributed by atoms with van der Waals surface area (Å²) in [6, 6.07) is 8.82. The Morgan fingerprint density at radius 3 is 2.94 bits per heavy atom. The molecule has 0 fully saturated rings. The lowest BCUT2D eigenvalue weighted by Crippen LogP contribution is -1.94. The minimum absolute atomic E-state index is 0.452. The monoisotopic (exact) mass is 241 g/mol. The van der Waals surface area contributed by atoms with Gasteiger partial charge in [-0.3, -0.25) is 0 Å². The zero-order valence-electron chi connectivity index (χ0n) is 9.25. The summed E-state index contributed by atoms with van der Waals surface area (Å²) in [6.45, 7) is 0. The third kappa shape index (κ3) is 1.96. The fourth-order valence-electron chi connectivity index (χ4n) is 1.65. The lowest BCUT2D eigenvalue weighted by Gasteiger charge is -2.11. The normalized spacial score (nSPS) is 10.5. The number of benzene rings is 1. The highest BCUT2D eigenvalue weighted by atomic mass is 16.5. The van der Waals surface area contributed by atoms with Crippen molar-refractivity contribution in [2.24, 2.45) is 0 Å². The maximum Gasteiger partial charge on any atom is 0.168 e. The van der Waals surface area contributed by atoms with Crippen molar-refractivity contribution in [3.05, 3.63) is 47.9 Å². The van der Waals surface area contributed by atoms with Crippen LogP contribution in [0.15, 0.2) is 47.2 Å². The van der Waals surface area contributed by atoms with Gasteiger partial charge in [-0.25, -0.2) is 4.98 Å². The predicted molar refractivity (Wildman–Crippen MR) is 68.5 cm³/mol. The van der Waals surface area contributed by atoms with Gasteiger partial charge >= 0.3 is 0 Å². The quantitative estimate of drug-likeness (QED) is 0.685. The van der Waals surface area contributed by atoms with Crippen molar-refractivity contribution in [3.63, 3.8) is 0 Å². The van der Waals surface area contributed by atoms with Gasteiger partial charge in [0.05, 0.1) is 6.20 Å². The molecule has 90 valence electrons. The minimum Gasteiger partial charge on any atom is -0.761 e. The zero-order chi connectivity index (χ0) is 12.4. The van der Waals surface area contributed by atoms with Crippen LogP contribution in [0.5, 0.6) is 0 Å². The number of fused-ring (bicyclic) bond motifs is 1. The first-order valence-electron chi connectivity index (χ1n) is 5.31.